The van der Waals surface area contributed by atoms with E-state index < -0.39 is 0 Å². The molecule has 1 aromatic rings. The molecule has 1 aliphatic heterocycles. The minimum absolute atomic E-state index is 0.223. The van der Waals surface area contributed by atoms with Gasteiger partial charge in [0.25, 0.3) is 0 Å². The fourth-order valence-corrected chi connectivity index (χ4v) is 2.74. The van der Waals surface area contributed by atoms with E-state index in [0.717, 1.165) is 25.9 Å². The van der Waals surface area contributed by atoms with Crippen LogP contribution in [0, 0.1) is 5.92 Å². The van der Waals surface area contributed by atoms with Gasteiger partial charge in [-0.2, -0.15) is 0 Å². The number of nitrogens with one attached hydrogen (secondary N) is 1. The van der Waals surface area contributed by atoms with E-state index in [1.165, 1.54) is 6.42 Å². The van der Waals surface area contributed by atoms with Crippen molar-refractivity contribution in [2.24, 2.45) is 5.92 Å². The second-order valence-electron chi connectivity index (χ2n) is 4.75. The highest BCUT2D eigenvalue weighted by atomic mass is 35.5. The molecule has 2 rings (SSSR count). The van der Waals surface area contributed by atoms with Crippen molar-refractivity contribution in [1.82, 2.24) is 5.32 Å². The van der Waals surface area contributed by atoms with E-state index in [9.17, 15) is 0 Å². The molecule has 0 radical (unpaired) electrons. The van der Waals surface area contributed by atoms with Crippen LogP contribution in [-0.4, -0.2) is 19.2 Å². The van der Waals surface area contributed by atoms with Crippen molar-refractivity contribution in [3.63, 3.8) is 0 Å². The van der Waals surface area contributed by atoms with Crippen LogP contribution < -0.4 is 10.1 Å². The average Bonchev–Trinajstić information content (AvgIpc) is 2.88. The van der Waals surface area contributed by atoms with Gasteiger partial charge in [-0.25, -0.2) is 0 Å². The summed E-state index contributed by atoms with van der Waals surface area (Å²) in [5, 5.41) is 4.45. The van der Waals surface area contributed by atoms with Gasteiger partial charge >= 0.3 is 0 Å². The second kappa shape index (κ2) is 6.65. The maximum Gasteiger partial charge on any atom is 0.139 e. The summed E-state index contributed by atoms with van der Waals surface area (Å²) < 4.78 is 6.09. The predicted octanol–water partition coefficient (Wildman–Crippen LogP) is 4.15. The zero-order valence-corrected chi connectivity index (χ0v) is 12.1. The smallest absolute Gasteiger partial charge is 0.139 e. The third-order valence-electron chi connectivity index (χ3n) is 3.39. The molecule has 2 nitrogen and oxygen atoms in total. The van der Waals surface area contributed by atoms with Crippen molar-refractivity contribution in [3.8, 4) is 5.75 Å². The second-order valence-corrected chi connectivity index (χ2v) is 5.53. The molecule has 0 spiro atoms. The van der Waals surface area contributed by atoms with Gasteiger partial charge in [-0.05, 0) is 31.5 Å². The number of ether oxygens (including phenoxy) is 1. The van der Waals surface area contributed by atoms with E-state index in [1.807, 2.05) is 12.1 Å². The molecule has 0 bridgehead atoms. The Hall–Kier alpha value is -0.440. The van der Waals surface area contributed by atoms with Crippen LogP contribution in [0.25, 0.3) is 0 Å². The van der Waals surface area contributed by atoms with Crippen LogP contribution in [0.5, 0.6) is 5.75 Å². The normalized spacial score (nSPS) is 20.9. The zero-order valence-electron chi connectivity index (χ0n) is 10.6. The highest BCUT2D eigenvalue weighted by Gasteiger charge is 2.26. The van der Waals surface area contributed by atoms with Crippen molar-refractivity contribution in [2.45, 2.75) is 32.3 Å². The zero-order chi connectivity index (χ0) is 13.0. The lowest BCUT2D eigenvalue weighted by Gasteiger charge is -2.24. The Morgan fingerprint density at radius 2 is 2.28 bits per heavy atom. The molecule has 1 unspecified atom stereocenters. The van der Waals surface area contributed by atoms with Crippen molar-refractivity contribution in [1.29, 1.82) is 0 Å². The van der Waals surface area contributed by atoms with Crippen LogP contribution in [-0.2, 0) is 0 Å². The molecule has 18 heavy (non-hydrogen) atoms. The summed E-state index contributed by atoms with van der Waals surface area (Å²) in [6.45, 7) is 4.29. The number of hydrogen-bond donors (Lipinski definition) is 1. The summed E-state index contributed by atoms with van der Waals surface area (Å²) in [5.74, 6) is 1.27. The Balaban J connectivity index is 2.10. The lowest BCUT2D eigenvalue weighted by molar-refractivity contribution is 0.132. The van der Waals surface area contributed by atoms with Crippen LogP contribution in [0.1, 0.15) is 26.2 Å². The van der Waals surface area contributed by atoms with Crippen molar-refractivity contribution in [2.75, 3.05) is 13.1 Å². The van der Waals surface area contributed by atoms with E-state index in [0.29, 0.717) is 21.7 Å². The first kappa shape index (κ1) is 14.0. The monoisotopic (exact) mass is 287 g/mol. The molecule has 0 amide bonds. The van der Waals surface area contributed by atoms with Crippen molar-refractivity contribution >= 4 is 23.2 Å². The molecule has 2 atom stereocenters. The predicted molar refractivity (Wildman–Crippen MR) is 76.8 cm³/mol. The Labute approximate surface area is 119 Å². The number of halogens is 2. The van der Waals surface area contributed by atoms with Gasteiger partial charge < -0.3 is 10.1 Å². The number of hydrogen-bond acceptors (Lipinski definition) is 2. The fraction of sp³-hybridized carbons (Fsp3) is 0.571. The molecule has 0 saturated carbocycles. The third kappa shape index (κ3) is 3.31. The van der Waals surface area contributed by atoms with Gasteiger partial charge in [-0.3, -0.25) is 0 Å². The summed E-state index contributed by atoms with van der Waals surface area (Å²) in [4.78, 5) is 0. The lowest BCUT2D eigenvalue weighted by atomic mass is 9.97. The van der Waals surface area contributed by atoms with Crippen LogP contribution >= 0.6 is 23.2 Å². The molecule has 1 aliphatic rings. The molecule has 1 fully saturated rings. The minimum Gasteiger partial charge on any atom is -0.488 e. The Kier molecular flexibility index (Phi) is 5.16. The van der Waals surface area contributed by atoms with Gasteiger partial charge in [-0.15, -0.1) is 0 Å². The Bertz CT molecular complexity index is 391. The molecule has 1 saturated heterocycles. The summed E-state index contributed by atoms with van der Waals surface area (Å²) in [5.41, 5.74) is 0. The Morgan fingerprint density at radius 3 is 2.94 bits per heavy atom. The van der Waals surface area contributed by atoms with Crippen LogP contribution in [0.2, 0.25) is 10.0 Å². The highest BCUT2D eigenvalue weighted by Crippen LogP contribution is 2.34. The fourth-order valence-electron chi connectivity index (χ4n) is 2.41. The van der Waals surface area contributed by atoms with E-state index in [4.69, 9.17) is 27.9 Å². The van der Waals surface area contributed by atoms with Crippen molar-refractivity contribution in [3.05, 3.63) is 28.2 Å². The van der Waals surface area contributed by atoms with Gasteiger partial charge in [0.05, 0.1) is 5.02 Å². The molecular weight excluding hydrogens is 269 g/mol. The minimum atomic E-state index is 0.223. The van der Waals surface area contributed by atoms with Gasteiger partial charge in [-0.1, -0.05) is 42.6 Å². The third-order valence-corrected chi connectivity index (χ3v) is 4.19. The Morgan fingerprint density at radius 1 is 1.44 bits per heavy atom. The maximum atomic E-state index is 6.17. The first-order chi connectivity index (χ1) is 8.72. The summed E-state index contributed by atoms with van der Waals surface area (Å²) in [6, 6.07) is 5.54. The van der Waals surface area contributed by atoms with Gasteiger partial charge in [0, 0.05) is 12.5 Å². The standard InChI is InChI=1S/C14H19Cl2NO/c1-2-4-12(10-7-8-17-9-10)18-13-6-3-5-11(15)14(13)16/h3,5-6,10,12,17H,2,4,7-9H2,1H3/t10?,12-/m0/s1. The molecule has 0 aromatic heterocycles. The number of benzene rings is 1. The average molecular weight is 288 g/mol. The van der Waals surface area contributed by atoms with E-state index >= 15 is 0 Å². The highest BCUT2D eigenvalue weighted by molar-refractivity contribution is 6.42. The van der Waals surface area contributed by atoms with Gasteiger partial charge in [0.1, 0.15) is 16.9 Å². The quantitative estimate of drug-likeness (QED) is 0.878. The van der Waals surface area contributed by atoms with Crippen LogP contribution in [0.15, 0.2) is 18.2 Å². The summed E-state index contributed by atoms with van der Waals surface area (Å²) >= 11 is 12.2. The molecule has 100 valence electrons. The molecule has 1 heterocycles. The summed E-state index contributed by atoms with van der Waals surface area (Å²) in [7, 11) is 0. The lowest BCUT2D eigenvalue weighted by Crippen LogP contribution is -2.28. The molecular formula is C14H19Cl2NO. The van der Waals surface area contributed by atoms with Gasteiger partial charge in [0.15, 0.2) is 0 Å². The van der Waals surface area contributed by atoms with E-state index in [-0.39, 0.29) is 6.10 Å². The van der Waals surface area contributed by atoms with E-state index in [2.05, 4.69) is 12.2 Å². The van der Waals surface area contributed by atoms with E-state index in [1.54, 1.807) is 6.07 Å². The van der Waals surface area contributed by atoms with Crippen molar-refractivity contribution < 1.29 is 4.74 Å². The molecule has 1 N–H and O–H groups in total. The topological polar surface area (TPSA) is 21.3 Å². The van der Waals surface area contributed by atoms with Crippen LogP contribution in [0.3, 0.4) is 0 Å². The molecule has 0 aliphatic carbocycles. The molecule has 1 aromatic carbocycles. The van der Waals surface area contributed by atoms with Crippen LogP contribution in [0.4, 0.5) is 0 Å². The summed E-state index contributed by atoms with van der Waals surface area (Å²) in [6.07, 6.45) is 3.55. The maximum absolute atomic E-state index is 6.17. The molecule has 4 heteroatoms. The largest absolute Gasteiger partial charge is 0.488 e. The SMILES string of the molecule is CCC[C@H](Oc1cccc(Cl)c1Cl)C1CCNC1. The first-order valence-corrected chi connectivity index (χ1v) is 7.29. The number of rotatable bonds is 5. The first-order valence-electron chi connectivity index (χ1n) is 6.53. The van der Waals surface area contributed by atoms with Gasteiger partial charge in [0.2, 0.25) is 0 Å².